The summed E-state index contributed by atoms with van der Waals surface area (Å²) in [6.45, 7) is 1.67. The maximum Gasteiger partial charge on any atom is 0.179 e. The third-order valence-corrected chi connectivity index (χ3v) is 2.52. The van der Waals surface area contributed by atoms with Gasteiger partial charge in [0.15, 0.2) is 5.78 Å². The zero-order valence-corrected chi connectivity index (χ0v) is 8.97. The van der Waals surface area contributed by atoms with Crippen molar-refractivity contribution in [3.05, 3.63) is 42.0 Å². The molecule has 0 amide bonds. The van der Waals surface area contributed by atoms with Gasteiger partial charge >= 0.3 is 0 Å². The highest BCUT2D eigenvalue weighted by molar-refractivity contribution is 6.02. The summed E-state index contributed by atoms with van der Waals surface area (Å²) in [5.74, 6) is 0.147. The molecule has 0 aromatic heterocycles. The van der Waals surface area contributed by atoms with Gasteiger partial charge in [-0.15, -0.1) is 0 Å². The van der Waals surface area contributed by atoms with Crippen molar-refractivity contribution in [2.24, 2.45) is 5.73 Å². The molecule has 3 N–H and O–H groups in total. The maximum absolute atomic E-state index is 11.7. The second-order valence-corrected chi connectivity index (χ2v) is 3.90. The zero-order chi connectivity index (χ0) is 11.7. The minimum absolute atomic E-state index is 0.0741. The Kier molecular flexibility index (Phi) is 2.62. The maximum atomic E-state index is 11.7. The molecule has 1 unspecified atom stereocenters. The molecule has 0 aliphatic heterocycles. The Morgan fingerprint density at radius 3 is 2.50 bits per heavy atom. The number of aromatic hydroxyl groups is 1. The van der Waals surface area contributed by atoms with Gasteiger partial charge < -0.3 is 10.8 Å². The van der Waals surface area contributed by atoms with Crippen LogP contribution in [-0.4, -0.2) is 16.9 Å². The van der Waals surface area contributed by atoms with Gasteiger partial charge in [0, 0.05) is 5.56 Å². The van der Waals surface area contributed by atoms with Gasteiger partial charge in [0.05, 0.1) is 6.04 Å². The van der Waals surface area contributed by atoms with Crippen LogP contribution in [0.4, 0.5) is 0 Å². The number of benzene rings is 2. The van der Waals surface area contributed by atoms with E-state index >= 15 is 0 Å². The number of hydrogen-bond donors (Lipinski definition) is 2. The minimum atomic E-state index is -0.491. The second kappa shape index (κ2) is 3.94. The predicted molar refractivity (Wildman–Crippen MR) is 63.6 cm³/mol. The first-order valence-electron chi connectivity index (χ1n) is 5.10. The molecule has 2 aromatic carbocycles. The molecule has 0 saturated heterocycles. The van der Waals surface area contributed by atoms with E-state index in [1.165, 1.54) is 0 Å². The lowest BCUT2D eigenvalue weighted by atomic mass is 10.0. The molecule has 0 spiro atoms. The number of Topliss-reactive ketones (excluding diaryl/α,β-unsaturated/α-hetero) is 1. The third-order valence-electron chi connectivity index (χ3n) is 2.52. The van der Waals surface area contributed by atoms with Crippen LogP contribution in [0.5, 0.6) is 5.75 Å². The summed E-state index contributed by atoms with van der Waals surface area (Å²) in [5.41, 5.74) is 6.15. The van der Waals surface area contributed by atoms with Crippen LogP contribution in [0.15, 0.2) is 36.4 Å². The van der Waals surface area contributed by atoms with Crippen molar-refractivity contribution in [2.45, 2.75) is 13.0 Å². The van der Waals surface area contributed by atoms with Gasteiger partial charge in [0.2, 0.25) is 0 Å². The van der Waals surface area contributed by atoms with E-state index in [4.69, 9.17) is 5.73 Å². The van der Waals surface area contributed by atoms with E-state index in [0.29, 0.717) is 5.56 Å². The lowest BCUT2D eigenvalue weighted by Crippen LogP contribution is -2.26. The fourth-order valence-electron chi connectivity index (χ4n) is 1.65. The number of hydrogen-bond acceptors (Lipinski definition) is 3. The van der Waals surface area contributed by atoms with E-state index in [0.717, 1.165) is 10.8 Å². The summed E-state index contributed by atoms with van der Waals surface area (Å²) in [7, 11) is 0. The minimum Gasteiger partial charge on any atom is -0.508 e. The summed E-state index contributed by atoms with van der Waals surface area (Å²) in [5, 5.41) is 11.1. The molecular formula is C13H13NO2. The van der Waals surface area contributed by atoms with Gasteiger partial charge in [-0.2, -0.15) is 0 Å². The molecular weight excluding hydrogens is 202 g/mol. The summed E-state index contributed by atoms with van der Waals surface area (Å²) in [6.07, 6.45) is 0. The first kappa shape index (κ1) is 10.6. The molecule has 0 radical (unpaired) electrons. The van der Waals surface area contributed by atoms with Gasteiger partial charge in [-0.3, -0.25) is 4.79 Å². The Hall–Kier alpha value is -1.87. The fraction of sp³-hybridized carbons (Fsp3) is 0.154. The molecule has 0 fully saturated rings. The van der Waals surface area contributed by atoms with Crippen LogP contribution in [0.2, 0.25) is 0 Å². The topological polar surface area (TPSA) is 63.3 Å². The quantitative estimate of drug-likeness (QED) is 0.754. The molecule has 0 saturated carbocycles. The van der Waals surface area contributed by atoms with Crippen molar-refractivity contribution in [1.82, 2.24) is 0 Å². The summed E-state index contributed by atoms with van der Waals surface area (Å²) >= 11 is 0. The van der Waals surface area contributed by atoms with Crippen molar-refractivity contribution < 1.29 is 9.90 Å². The van der Waals surface area contributed by atoms with E-state index < -0.39 is 6.04 Å². The van der Waals surface area contributed by atoms with Gasteiger partial charge in [-0.05, 0) is 35.9 Å². The van der Waals surface area contributed by atoms with Crippen LogP contribution in [-0.2, 0) is 0 Å². The Bertz CT molecular complexity index is 547. The van der Waals surface area contributed by atoms with E-state index in [9.17, 15) is 9.90 Å². The van der Waals surface area contributed by atoms with E-state index in [-0.39, 0.29) is 11.5 Å². The highest BCUT2D eigenvalue weighted by Crippen LogP contribution is 2.21. The van der Waals surface area contributed by atoms with Crippen LogP contribution in [0, 0.1) is 0 Å². The summed E-state index contributed by atoms with van der Waals surface area (Å²) in [4.78, 5) is 11.7. The molecule has 0 aliphatic carbocycles. The highest BCUT2D eigenvalue weighted by Gasteiger charge is 2.10. The van der Waals surface area contributed by atoms with Crippen LogP contribution in [0.25, 0.3) is 10.8 Å². The van der Waals surface area contributed by atoms with Crippen molar-refractivity contribution in [2.75, 3.05) is 0 Å². The number of rotatable bonds is 2. The van der Waals surface area contributed by atoms with E-state index in [2.05, 4.69) is 0 Å². The number of carbonyl (C=O) groups is 1. The number of ketones is 1. The standard InChI is InChI=1S/C13H13NO2/c1-8(14)13(16)11-3-2-10-7-12(15)5-4-9(10)6-11/h2-8,15H,14H2,1H3. The molecule has 0 bridgehead atoms. The van der Waals surface area contributed by atoms with Crippen LogP contribution < -0.4 is 5.73 Å². The largest absolute Gasteiger partial charge is 0.508 e. The lowest BCUT2D eigenvalue weighted by molar-refractivity contribution is 0.0968. The summed E-state index contributed by atoms with van der Waals surface area (Å²) in [6, 6.07) is 9.88. The van der Waals surface area contributed by atoms with Crippen LogP contribution in [0.3, 0.4) is 0 Å². The SMILES string of the molecule is CC(N)C(=O)c1ccc2cc(O)ccc2c1. The zero-order valence-electron chi connectivity index (χ0n) is 8.97. The first-order chi connectivity index (χ1) is 7.58. The van der Waals surface area contributed by atoms with Crippen molar-refractivity contribution in [3.63, 3.8) is 0 Å². The number of phenols is 1. The van der Waals surface area contributed by atoms with E-state index in [1.54, 1.807) is 37.3 Å². The fourth-order valence-corrected chi connectivity index (χ4v) is 1.65. The Morgan fingerprint density at radius 1 is 1.19 bits per heavy atom. The van der Waals surface area contributed by atoms with Gasteiger partial charge in [-0.25, -0.2) is 0 Å². The van der Waals surface area contributed by atoms with Crippen molar-refractivity contribution >= 4 is 16.6 Å². The molecule has 16 heavy (non-hydrogen) atoms. The molecule has 0 aliphatic rings. The third kappa shape index (κ3) is 1.90. The number of fused-ring (bicyclic) bond motifs is 1. The van der Waals surface area contributed by atoms with Crippen LogP contribution in [0.1, 0.15) is 17.3 Å². The number of phenolic OH excluding ortho intramolecular Hbond substituents is 1. The van der Waals surface area contributed by atoms with Gasteiger partial charge in [0.1, 0.15) is 5.75 Å². The normalized spacial score (nSPS) is 12.6. The molecule has 82 valence electrons. The van der Waals surface area contributed by atoms with E-state index in [1.807, 2.05) is 6.07 Å². The Labute approximate surface area is 93.5 Å². The molecule has 1 atom stereocenters. The predicted octanol–water partition coefficient (Wildman–Crippen LogP) is 2.08. The number of nitrogens with two attached hydrogens (primary N) is 1. The molecule has 3 heteroatoms. The first-order valence-corrected chi connectivity index (χ1v) is 5.10. The van der Waals surface area contributed by atoms with Crippen LogP contribution >= 0.6 is 0 Å². The Balaban J connectivity index is 2.52. The number of carbonyl (C=O) groups excluding carboxylic acids is 1. The lowest BCUT2D eigenvalue weighted by Gasteiger charge is -2.06. The second-order valence-electron chi connectivity index (χ2n) is 3.90. The smallest absolute Gasteiger partial charge is 0.179 e. The monoisotopic (exact) mass is 215 g/mol. The summed E-state index contributed by atoms with van der Waals surface area (Å²) < 4.78 is 0. The molecule has 2 rings (SSSR count). The average molecular weight is 215 g/mol. The van der Waals surface area contributed by atoms with Crippen molar-refractivity contribution in [1.29, 1.82) is 0 Å². The van der Waals surface area contributed by atoms with Gasteiger partial charge in [-0.1, -0.05) is 18.2 Å². The van der Waals surface area contributed by atoms with Crippen molar-refractivity contribution in [3.8, 4) is 5.75 Å². The highest BCUT2D eigenvalue weighted by atomic mass is 16.3. The molecule has 2 aromatic rings. The van der Waals surface area contributed by atoms with Gasteiger partial charge in [0.25, 0.3) is 0 Å². The average Bonchev–Trinajstić information content (AvgIpc) is 2.27. The Morgan fingerprint density at radius 2 is 1.81 bits per heavy atom. The molecule has 3 nitrogen and oxygen atoms in total. The molecule has 0 heterocycles.